The molecule has 0 radical (unpaired) electrons. The van der Waals surface area contributed by atoms with Crippen molar-refractivity contribution in [2.75, 3.05) is 19.7 Å². The third-order valence-corrected chi connectivity index (χ3v) is 4.69. The first-order valence-corrected chi connectivity index (χ1v) is 9.08. The summed E-state index contributed by atoms with van der Waals surface area (Å²) >= 11 is 0. The lowest BCUT2D eigenvalue weighted by Crippen LogP contribution is -2.33. The summed E-state index contributed by atoms with van der Waals surface area (Å²) in [6, 6.07) is 13.0. The predicted octanol–water partition coefficient (Wildman–Crippen LogP) is 3.07. The van der Waals surface area contributed by atoms with Gasteiger partial charge in [0.2, 0.25) is 0 Å². The largest absolute Gasteiger partial charge is 0.493 e. The second kappa shape index (κ2) is 7.67. The number of hydrogen-bond donors (Lipinski definition) is 3. The van der Waals surface area contributed by atoms with Crippen molar-refractivity contribution in [3.05, 3.63) is 42.5 Å². The van der Waals surface area contributed by atoms with Crippen LogP contribution in [0.4, 0.5) is 4.79 Å². The van der Waals surface area contributed by atoms with E-state index in [1.165, 1.54) is 12.8 Å². The van der Waals surface area contributed by atoms with Crippen molar-refractivity contribution in [1.82, 2.24) is 15.3 Å². The van der Waals surface area contributed by atoms with Gasteiger partial charge in [0.05, 0.1) is 17.6 Å². The van der Waals surface area contributed by atoms with Gasteiger partial charge in [0.15, 0.2) is 0 Å². The molecule has 1 amide bonds. The van der Waals surface area contributed by atoms with Crippen LogP contribution in [0.1, 0.15) is 12.8 Å². The Kier molecular flexibility index (Phi) is 4.93. The Balaban J connectivity index is 1.45. The maximum absolute atomic E-state index is 10.9. The van der Waals surface area contributed by atoms with Crippen LogP contribution in [0.15, 0.2) is 42.5 Å². The summed E-state index contributed by atoms with van der Waals surface area (Å²) in [7, 11) is 0. The zero-order chi connectivity index (χ0) is 18.6. The third-order valence-electron chi connectivity index (χ3n) is 4.69. The van der Waals surface area contributed by atoms with Gasteiger partial charge in [-0.1, -0.05) is 0 Å². The summed E-state index contributed by atoms with van der Waals surface area (Å²) in [5.74, 6) is 2.54. The van der Waals surface area contributed by atoms with E-state index in [1.54, 1.807) is 18.2 Å². The van der Waals surface area contributed by atoms with Gasteiger partial charge in [-0.3, -0.25) is 0 Å². The van der Waals surface area contributed by atoms with E-state index < -0.39 is 6.09 Å². The number of benzene rings is 2. The first kappa shape index (κ1) is 17.4. The lowest BCUT2D eigenvalue weighted by Gasteiger charge is -2.22. The predicted molar refractivity (Wildman–Crippen MR) is 103 cm³/mol. The van der Waals surface area contributed by atoms with Crippen LogP contribution in [0.5, 0.6) is 11.5 Å². The monoisotopic (exact) mass is 366 g/mol. The number of primary amides is 1. The number of fused-ring (bicyclic) bond motifs is 1. The van der Waals surface area contributed by atoms with E-state index in [9.17, 15) is 4.79 Å². The molecule has 1 saturated heterocycles. The Hall–Kier alpha value is -3.06. The van der Waals surface area contributed by atoms with Gasteiger partial charge in [0.1, 0.15) is 17.3 Å². The molecule has 1 aliphatic rings. The summed E-state index contributed by atoms with van der Waals surface area (Å²) in [5.41, 5.74) is 7.56. The highest BCUT2D eigenvalue weighted by Crippen LogP contribution is 2.25. The van der Waals surface area contributed by atoms with Gasteiger partial charge in [-0.2, -0.15) is 0 Å². The molecule has 7 heteroatoms. The first-order valence-electron chi connectivity index (χ1n) is 9.08. The number of nitrogens with zero attached hydrogens (tertiary/aromatic N) is 1. The van der Waals surface area contributed by atoms with E-state index in [-0.39, 0.29) is 0 Å². The molecule has 2 aromatic carbocycles. The fraction of sp³-hybridized carbons (Fsp3) is 0.300. The SMILES string of the molecule is NC(=O)Oc1ccc2[nH]c(-c3ccc(OCC4CCCNC4)cc3)nc2c1. The van der Waals surface area contributed by atoms with Crippen LogP contribution in [0.2, 0.25) is 0 Å². The number of hydrogen-bond acceptors (Lipinski definition) is 5. The summed E-state index contributed by atoms with van der Waals surface area (Å²) in [4.78, 5) is 18.7. The Morgan fingerprint density at radius 3 is 2.74 bits per heavy atom. The van der Waals surface area contributed by atoms with E-state index in [1.807, 2.05) is 24.3 Å². The topological polar surface area (TPSA) is 102 Å². The number of rotatable bonds is 5. The normalized spacial score (nSPS) is 17.0. The van der Waals surface area contributed by atoms with Gasteiger partial charge in [-0.05, 0) is 55.8 Å². The quantitative estimate of drug-likeness (QED) is 0.644. The molecule has 0 bridgehead atoms. The minimum absolute atomic E-state index is 0.369. The lowest BCUT2D eigenvalue weighted by atomic mass is 10.0. The molecule has 4 rings (SSSR count). The lowest BCUT2D eigenvalue weighted by molar-refractivity contribution is 0.211. The maximum atomic E-state index is 10.9. The average Bonchev–Trinajstić information content (AvgIpc) is 3.10. The van der Waals surface area contributed by atoms with Gasteiger partial charge in [0, 0.05) is 24.1 Å². The minimum atomic E-state index is -0.843. The van der Waals surface area contributed by atoms with E-state index in [2.05, 4.69) is 15.3 Å². The fourth-order valence-electron chi connectivity index (χ4n) is 3.29. The molecule has 1 fully saturated rings. The number of carbonyl (C=O) groups excluding carboxylic acids is 1. The molecule has 4 N–H and O–H groups in total. The molecule has 0 saturated carbocycles. The smallest absolute Gasteiger partial charge is 0.409 e. The van der Waals surface area contributed by atoms with Gasteiger partial charge in [-0.15, -0.1) is 0 Å². The van der Waals surface area contributed by atoms with Crippen molar-refractivity contribution in [2.24, 2.45) is 11.7 Å². The number of amides is 1. The number of aromatic nitrogens is 2. The fourth-order valence-corrected chi connectivity index (χ4v) is 3.29. The second-order valence-corrected chi connectivity index (χ2v) is 6.73. The molecule has 2 heterocycles. The molecule has 3 aromatic rings. The van der Waals surface area contributed by atoms with Crippen LogP contribution in [-0.2, 0) is 0 Å². The Bertz CT molecular complexity index is 930. The van der Waals surface area contributed by atoms with Crippen LogP contribution < -0.4 is 20.5 Å². The summed E-state index contributed by atoms with van der Waals surface area (Å²) < 4.78 is 10.8. The van der Waals surface area contributed by atoms with Crippen molar-refractivity contribution >= 4 is 17.1 Å². The molecular weight excluding hydrogens is 344 g/mol. The molecule has 1 unspecified atom stereocenters. The van der Waals surface area contributed by atoms with E-state index >= 15 is 0 Å². The number of aromatic amines is 1. The number of carbonyl (C=O) groups is 1. The zero-order valence-corrected chi connectivity index (χ0v) is 14.9. The number of H-pyrrole nitrogens is 1. The minimum Gasteiger partial charge on any atom is -0.493 e. The van der Waals surface area contributed by atoms with E-state index in [0.717, 1.165) is 42.4 Å². The van der Waals surface area contributed by atoms with Crippen LogP contribution in [0, 0.1) is 5.92 Å². The standard InChI is InChI=1S/C20H22N4O3/c21-20(25)27-16-7-8-17-18(10-16)24-19(23-17)14-3-5-15(6-4-14)26-12-13-2-1-9-22-11-13/h3-8,10,13,22H,1-2,9,11-12H2,(H2,21,25)(H,23,24). The number of ether oxygens (including phenoxy) is 2. The Morgan fingerprint density at radius 2 is 2.00 bits per heavy atom. The Morgan fingerprint density at radius 1 is 1.19 bits per heavy atom. The molecular formula is C20H22N4O3. The highest BCUT2D eigenvalue weighted by Gasteiger charge is 2.13. The molecule has 1 atom stereocenters. The average molecular weight is 366 g/mol. The molecule has 0 aliphatic carbocycles. The van der Waals surface area contributed by atoms with Crippen LogP contribution in [0.25, 0.3) is 22.4 Å². The number of imidazole rings is 1. The van der Waals surface area contributed by atoms with Gasteiger partial charge in [0.25, 0.3) is 0 Å². The van der Waals surface area contributed by atoms with Gasteiger partial charge < -0.3 is 25.5 Å². The summed E-state index contributed by atoms with van der Waals surface area (Å²) in [6.45, 7) is 2.87. The van der Waals surface area contributed by atoms with Gasteiger partial charge >= 0.3 is 6.09 Å². The highest BCUT2D eigenvalue weighted by atomic mass is 16.5. The second-order valence-electron chi connectivity index (χ2n) is 6.73. The molecule has 1 aromatic heterocycles. The molecule has 7 nitrogen and oxygen atoms in total. The van der Waals surface area contributed by atoms with Crippen molar-refractivity contribution < 1.29 is 14.3 Å². The maximum Gasteiger partial charge on any atom is 0.409 e. The number of nitrogens with one attached hydrogen (secondary N) is 2. The number of piperidine rings is 1. The van der Waals surface area contributed by atoms with Crippen molar-refractivity contribution in [2.45, 2.75) is 12.8 Å². The van der Waals surface area contributed by atoms with Crippen LogP contribution in [-0.4, -0.2) is 35.8 Å². The summed E-state index contributed by atoms with van der Waals surface area (Å²) in [6.07, 6.45) is 1.58. The summed E-state index contributed by atoms with van der Waals surface area (Å²) in [5, 5.41) is 3.40. The van der Waals surface area contributed by atoms with E-state index in [0.29, 0.717) is 17.2 Å². The Labute approximate surface area is 156 Å². The molecule has 140 valence electrons. The molecule has 0 spiro atoms. The van der Waals surface area contributed by atoms with Crippen LogP contribution in [0.3, 0.4) is 0 Å². The van der Waals surface area contributed by atoms with Crippen molar-refractivity contribution in [3.63, 3.8) is 0 Å². The zero-order valence-electron chi connectivity index (χ0n) is 14.9. The van der Waals surface area contributed by atoms with Crippen molar-refractivity contribution in [3.8, 4) is 22.9 Å². The van der Waals surface area contributed by atoms with E-state index in [4.69, 9.17) is 15.2 Å². The highest BCUT2D eigenvalue weighted by molar-refractivity contribution is 5.81. The van der Waals surface area contributed by atoms with Crippen molar-refractivity contribution in [1.29, 1.82) is 0 Å². The van der Waals surface area contributed by atoms with Crippen LogP contribution >= 0.6 is 0 Å². The third kappa shape index (κ3) is 4.20. The van der Waals surface area contributed by atoms with Gasteiger partial charge in [-0.25, -0.2) is 9.78 Å². The first-order chi connectivity index (χ1) is 13.2. The number of nitrogens with two attached hydrogens (primary N) is 1. The molecule has 1 aliphatic heterocycles. The molecule has 27 heavy (non-hydrogen) atoms.